The molecule has 2 aliphatic heterocycles. The third kappa shape index (κ3) is 5.23. The van der Waals surface area contributed by atoms with Crippen LogP contribution in [0.1, 0.15) is 46.1 Å². The van der Waals surface area contributed by atoms with Crippen LogP contribution in [0.5, 0.6) is 11.5 Å². The van der Waals surface area contributed by atoms with Gasteiger partial charge in [-0.3, -0.25) is 14.4 Å². The maximum atomic E-state index is 12.5. The molecule has 1 N–H and O–H groups in total. The SMILES string of the molecule is C[C@H](OC(=O)C1CCN(C(=O)C(C)(C)C)CC1)C(=O)NCc1ccc2c(c1)OCO2. The number of nitrogens with zero attached hydrogens (tertiary/aromatic N) is 1. The van der Waals surface area contributed by atoms with Crippen molar-refractivity contribution in [3.63, 3.8) is 0 Å². The van der Waals surface area contributed by atoms with Crippen molar-refractivity contribution in [3.05, 3.63) is 23.8 Å². The van der Waals surface area contributed by atoms with Gasteiger partial charge in [-0.15, -0.1) is 0 Å². The van der Waals surface area contributed by atoms with Gasteiger partial charge in [0.1, 0.15) is 0 Å². The molecule has 2 aliphatic rings. The van der Waals surface area contributed by atoms with Gasteiger partial charge in [-0.1, -0.05) is 26.8 Å². The largest absolute Gasteiger partial charge is 0.454 e. The van der Waals surface area contributed by atoms with Gasteiger partial charge < -0.3 is 24.4 Å². The molecule has 8 heteroatoms. The summed E-state index contributed by atoms with van der Waals surface area (Å²) in [6.07, 6.45) is 0.207. The smallest absolute Gasteiger partial charge is 0.309 e. The molecular weight excluding hydrogens is 388 g/mol. The fraction of sp³-hybridized carbons (Fsp3) is 0.591. The first-order valence-electron chi connectivity index (χ1n) is 10.3. The Morgan fingerprint density at radius 2 is 1.83 bits per heavy atom. The molecule has 30 heavy (non-hydrogen) atoms. The van der Waals surface area contributed by atoms with Crippen LogP contribution in [-0.2, 0) is 25.7 Å². The van der Waals surface area contributed by atoms with Gasteiger partial charge >= 0.3 is 5.97 Å². The molecule has 164 valence electrons. The molecule has 0 saturated carbocycles. The molecule has 0 bridgehead atoms. The zero-order valence-electron chi connectivity index (χ0n) is 18.0. The molecule has 2 amide bonds. The number of benzene rings is 1. The molecule has 2 heterocycles. The normalized spacial score (nSPS) is 17.4. The zero-order valence-corrected chi connectivity index (χ0v) is 18.0. The van der Waals surface area contributed by atoms with E-state index < -0.39 is 11.5 Å². The molecule has 8 nitrogen and oxygen atoms in total. The monoisotopic (exact) mass is 418 g/mol. The van der Waals surface area contributed by atoms with E-state index >= 15 is 0 Å². The first kappa shape index (κ1) is 21.9. The second-order valence-corrected chi connectivity index (χ2v) is 8.80. The van der Waals surface area contributed by atoms with Gasteiger partial charge in [0, 0.05) is 25.0 Å². The van der Waals surface area contributed by atoms with Crippen LogP contribution in [0.2, 0.25) is 0 Å². The molecule has 1 atom stereocenters. The van der Waals surface area contributed by atoms with Gasteiger partial charge in [0.05, 0.1) is 5.92 Å². The Morgan fingerprint density at radius 3 is 2.50 bits per heavy atom. The molecule has 1 aromatic rings. The Labute approximate surface area is 176 Å². The summed E-state index contributed by atoms with van der Waals surface area (Å²) in [5.74, 6) is 0.383. The Bertz CT molecular complexity index is 808. The highest BCUT2D eigenvalue weighted by molar-refractivity contribution is 5.84. The summed E-state index contributed by atoms with van der Waals surface area (Å²) in [6.45, 7) is 8.77. The molecule has 0 aliphatic carbocycles. The van der Waals surface area contributed by atoms with E-state index in [1.807, 2.05) is 32.9 Å². The number of fused-ring (bicyclic) bond motifs is 1. The van der Waals surface area contributed by atoms with Crippen LogP contribution in [0.4, 0.5) is 0 Å². The summed E-state index contributed by atoms with van der Waals surface area (Å²) in [5.41, 5.74) is 0.430. The first-order valence-corrected chi connectivity index (χ1v) is 10.3. The summed E-state index contributed by atoms with van der Waals surface area (Å²) >= 11 is 0. The van der Waals surface area contributed by atoms with E-state index in [0.29, 0.717) is 44.0 Å². The van der Waals surface area contributed by atoms with Crippen LogP contribution < -0.4 is 14.8 Å². The lowest BCUT2D eigenvalue weighted by Gasteiger charge is -2.35. The summed E-state index contributed by atoms with van der Waals surface area (Å²) in [6, 6.07) is 5.45. The Kier molecular flexibility index (Phi) is 6.53. The third-order valence-corrected chi connectivity index (χ3v) is 5.32. The van der Waals surface area contributed by atoms with Crippen LogP contribution in [-0.4, -0.2) is 48.7 Å². The summed E-state index contributed by atoms with van der Waals surface area (Å²) < 4.78 is 16.0. The minimum absolute atomic E-state index is 0.0885. The van der Waals surface area contributed by atoms with Crippen molar-refractivity contribution in [1.29, 1.82) is 0 Å². The van der Waals surface area contributed by atoms with Crippen molar-refractivity contribution in [2.24, 2.45) is 11.3 Å². The molecular formula is C22H30N2O6. The average Bonchev–Trinajstić information content (AvgIpc) is 3.18. The lowest BCUT2D eigenvalue weighted by molar-refractivity contribution is -0.161. The van der Waals surface area contributed by atoms with Crippen molar-refractivity contribution in [3.8, 4) is 11.5 Å². The summed E-state index contributed by atoms with van der Waals surface area (Å²) in [4.78, 5) is 38.9. The van der Waals surface area contributed by atoms with Crippen LogP contribution in [0, 0.1) is 11.3 Å². The van der Waals surface area contributed by atoms with E-state index in [4.69, 9.17) is 14.2 Å². The number of piperidine rings is 1. The highest BCUT2D eigenvalue weighted by atomic mass is 16.7. The minimum Gasteiger partial charge on any atom is -0.454 e. The van der Waals surface area contributed by atoms with Crippen molar-refractivity contribution < 1.29 is 28.6 Å². The lowest BCUT2D eigenvalue weighted by Crippen LogP contribution is -2.46. The maximum Gasteiger partial charge on any atom is 0.309 e. The fourth-order valence-corrected chi connectivity index (χ4v) is 3.50. The van der Waals surface area contributed by atoms with Crippen molar-refractivity contribution >= 4 is 17.8 Å². The third-order valence-electron chi connectivity index (χ3n) is 5.32. The Morgan fingerprint density at radius 1 is 1.17 bits per heavy atom. The van der Waals surface area contributed by atoms with E-state index in [-0.39, 0.29) is 30.5 Å². The molecule has 0 aromatic heterocycles. The number of carbonyl (C=O) groups excluding carboxylic acids is 3. The number of ether oxygens (including phenoxy) is 3. The van der Waals surface area contributed by atoms with Gasteiger partial charge in [-0.2, -0.15) is 0 Å². The molecule has 0 spiro atoms. The number of nitrogens with one attached hydrogen (secondary N) is 1. The van der Waals surface area contributed by atoms with Crippen LogP contribution in [0.3, 0.4) is 0 Å². The number of amides is 2. The lowest BCUT2D eigenvalue weighted by atomic mass is 9.91. The minimum atomic E-state index is -0.888. The fourth-order valence-electron chi connectivity index (χ4n) is 3.50. The molecule has 1 saturated heterocycles. The molecule has 1 aromatic carbocycles. The molecule has 3 rings (SSSR count). The quantitative estimate of drug-likeness (QED) is 0.737. The summed E-state index contributed by atoms with van der Waals surface area (Å²) in [7, 11) is 0. The van der Waals surface area contributed by atoms with Crippen LogP contribution >= 0.6 is 0 Å². The second-order valence-electron chi connectivity index (χ2n) is 8.80. The first-order chi connectivity index (χ1) is 14.1. The van der Waals surface area contributed by atoms with Crippen molar-refractivity contribution in [2.45, 2.75) is 53.2 Å². The number of hydrogen-bond acceptors (Lipinski definition) is 6. The second kappa shape index (κ2) is 8.93. The van der Waals surface area contributed by atoms with E-state index in [0.717, 1.165) is 5.56 Å². The van der Waals surface area contributed by atoms with Gasteiger partial charge in [0.25, 0.3) is 5.91 Å². The number of hydrogen-bond donors (Lipinski definition) is 1. The van der Waals surface area contributed by atoms with E-state index in [1.165, 1.54) is 0 Å². The van der Waals surface area contributed by atoms with Gasteiger partial charge in [0.2, 0.25) is 12.7 Å². The number of esters is 1. The maximum absolute atomic E-state index is 12.5. The van der Waals surface area contributed by atoms with E-state index in [2.05, 4.69) is 5.32 Å². The van der Waals surface area contributed by atoms with Gasteiger partial charge in [-0.25, -0.2) is 0 Å². The van der Waals surface area contributed by atoms with Gasteiger partial charge in [-0.05, 0) is 37.5 Å². The topological polar surface area (TPSA) is 94.2 Å². The highest BCUT2D eigenvalue weighted by Crippen LogP contribution is 2.32. The highest BCUT2D eigenvalue weighted by Gasteiger charge is 2.33. The average molecular weight is 418 g/mol. The summed E-state index contributed by atoms with van der Waals surface area (Å²) in [5, 5.41) is 2.77. The zero-order chi connectivity index (χ0) is 21.9. The molecule has 1 fully saturated rings. The number of rotatable bonds is 5. The van der Waals surface area contributed by atoms with Crippen LogP contribution in [0.25, 0.3) is 0 Å². The van der Waals surface area contributed by atoms with Gasteiger partial charge in [0.15, 0.2) is 17.6 Å². The van der Waals surface area contributed by atoms with Crippen LogP contribution in [0.15, 0.2) is 18.2 Å². The number of likely N-dealkylation sites (tertiary alicyclic amines) is 1. The van der Waals surface area contributed by atoms with E-state index in [9.17, 15) is 14.4 Å². The van der Waals surface area contributed by atoms with Crippen molar-refractivity contribution in [1.82, 2.24) is 10.2 Å². The molecule has 0 unspecified atom stereocenters. The molecule has 0 radical (unpaired) electrons. The predicted octanol–water partition coefficient (Wildman–Crippen LogP) is 2.25. The van der Waals surface area contributed by atoms with Crippen molar-refractivity contribution in [2.75, 3.05) is 19.9 Å². The standard InChI is InChI=1S/C22H30N2O6/c1-14(19(25)23-12-15-5-6-17-18(11-15)29-13-28-17)30-20(26)16-7-9-24(10-8-16)21(27)22(2,3)4/h5-6,11,14,16H,7-10,12-13H2,1-4H3,(H,23,25)/t14-/m0/s1. The van der Waals surface area contributed by atoms with E-state index in [1.54, 1.807) is 17.9 Å². The Hall–Kier alpha value is -2.77. The Balaban J connectivity index is 1.43. The predicted molar refractivity (Wildman–Crippen MR) is 109 cm³/mol. The number of carbonyl (C=O) groups is 3.